The van der Waals surface area contributed by atoms with Gasteiger partial charge in [0, 0.05) is 19.1 Å². The molecule has 1 aromatic heterocycles. The normalized spacial score (nSPS) is 13.0. The number of hydrogen-bond acceptors (Lipinski definition) is 7. The average Bonchev–Trinajstić information content (AvgIpc) is 3.13. The Hall–Kier alpha value is -2.47. The minimum atomic E-state index is -4.88. The Bertz CT molecular complexity index is 1060. The van der Waals surface area contributed by atoms with E-state index in [9.17, 15) is 26.7 Å². The second-order valence-electron chi connectivity index (χ2n) is 7.51. The summed E-state index contributed by atoms with van der Waals surface area (Å²) in [5, 5.41) is 19.0. The molecule has 0 radical (unpaired) electrons. The molecule has 1 aromatic carbocycles. The third-order valence-corrected chi connectivity index (χ3v) is 6.98. The molecule has 0 saturated heterocycles. The van der Waals surface area contributed by atoms with E-state index in [4.69, 9.17) is 4.42 Å². The highest BCUT2D eigenvalue weighted by Crippen LogP contribution is 2.36. The molecule has 12 heteroatoms. The van der Waals surface area contributed by atoms with Gasteiger partial charge in [-0.3, -0.25) is 0 Å². The number of hydrogen-bond donors (Lipinski definition) is 0. The predicted octanol–water partition coefficient (Wildman–Crippen LogP) is 3.43. The number of sulfone groups is 1. The Morgan fingerprint density at radius 3 is 1.91 bits per heavy atom. The standard InChI is InChI=1S/C13H12F3N3O4S.C8H20N/c1-6-8(11(20)17-12-19-18-7(2)23-12)4-5-9(13(14,15)16)10(6)24(3,21)22;1-5-9(6-2,7-3)8-4/h4-5H,1-3H3,(H,17,19,20);5-8H2,1-4H3/q;+1/p-1. The highest BCUT2D eigenvalue weighted by molar-refractivity contribution is 7.90. The van der Waals surface area contributed by atoms with Crippen molar-refractivity contribution >= 4 is 21.7 Å². The third kappa shape index (κ3) is 7.26. The maximum Gasteiger partial charge on any atom is 0.417 e. The van der Waals surface area contributed by atoms with E-state index in [-0.39, 0.29) is 23.0 Å². The van der Waals surface area contributed by atoms with Gasteiger partial charge in [-0.15, -0.1) is 5.10 Å². The maximum atomic E-state index is 13.0. The van der Waals surface area contributed by atoms with Gasteiger partial charge in [0.25, 0.3) is 0 Å². The fraction of sp³-hybridized carbons (Fsp3) is 0.571. The van der Waals surface area contributed by atoms with E-state index in [2.05, 4.69) is 42.9 Å². The van der Waals surface area contributed by atoms with Gasteiger partial charge in [0.15, 0.2) is 9.84 Å². The van der Waals surface area contributed by atoms with Crippen molar-refractivity contribution in [3.05, 3.63) is 34.7 Å². The van der Waals surface area contributed by atoms with Gasteiger partial charge in [-0.1, -0.05) is 11.2 Å². The summed E-state index contributed by atoms with van der Waals surface area (Å²) >= 11 is 0. The van der Waals surface area contributed by atoms with Crippen LogP contribution < -0.4 is 5.11 Å². The number of quaternary nitrogens is 1. The number of nitrogens with zero attached hydrogens (tertiary/aromatic N) is 4. The van der Waals surface area contributed by atoms with Crippen LogP contribution in [0.2, 0.25) is 0 Å². The second-order valence-corrected chi connectivity index (χ2v) is 9.46. The van der Waals surface area contributed by atoms with E-state index in [1.165, 1.54) is 37.6 Å². The second kappa shape index (κ2) is 11.1. The first kappa shape index (κ1) is 28.6. The van der Waals surface area contributed by atoms with Gasteiger partial charge < -0.3 is 14.0 Å². The highest BCUT2D eigenvalue weighted by atomic mass is 32.2. The van der Waals surface area contributed by atoms with Crippen LogP contribution in [0, 0.1) is 13.8 Å². The molecule has 2 aromatic rings. The van der Waals surface area contributed by atoms with Crippen molar-refractivity contribution in [2.24, 2.45) is 4.99 Å². The molecule has 0 fully saturated rings. The number of alkyl halides is 3. The van der Waals surface area contributed by atoms with Gasteiger partial charge in [-0.25, -0.2) is 13.4 Å². The van der Waals surface area contributed by atoms with Crippen LogP contribution in [0.25, 0.3) is 0 Å². The lowest BCUT2D eigenvalue weighted by molar-refractivity contribution is -0.921. The summed E-state index contributed by atoms with van der Waals surface area (Å²) in [7, 11) is -4.24. The van der Waals surface area contributed by atoms with Gasteiger partial charge in [-0.2, -0.15) is 13.2 Å². The number of aromatic nitrogens is 2. The van der Waals surface area contributed by atoms with Crippen molar-refractivity contribution in [1.29, 1.82) is 0 Å². The molecule has 0 aliphatic carbocycles. The Morgan fingerprint density at radius 2 is 1.58 bits per heavy atom. The van der Waals surface area contributed by atoms with E-state index in [0.29, 0.717) is 12.3 Å². The number of halogens is 3. The summed E-state index contributed by atoms with van der Waals surface area (Å²) in [6, 6.07) is 1.02. The quantitative estimate of drug-likeness (QED) is 0.333. The van der Waals surface area contributed by atoms with E-state index in [1.807, 2.05) is 0 Å². The molecule has 8 nitrogen and oxygen atoms in total. The minimum Gasteiger partial charge on any atom is -0.858 e. The SMILES string of the molecule is CC[N+](CC)(CC)CC.Cc1nnc(N=C([O-])c2ccc(C(F)(F)F)c(S(C)(=O)=O)c2C)o1. The Labute approximate surface area is 192 Å². The van der Waals surface area contributed by atoms with E-state index in [1.54, 1.807) is 0 Å². The minimum absolute atomic E-state index is 0.141. The van der Waals surface area contributed by atoms with E-state index < -0.39 is 32.4 Å². The summed E-state index contributed by atoms with van der Waals surface area (Å²) in [4.78, 5) is 2.51. The van der Waals surface area contributed by atoms with Gasteiger partial charge in [-0.05, 0) is 51.8 Å². The monoisotopic (exact) mass is 492 g/mol. The zero-order valence-electron chi connectivity index (χ0n) is 19.9. The third-order valence-electron chi connectivity index (χ3n) is 5.71. The Balaban J connectivity index is 0.000000513. The molecule has 0 aliphatic heterocycles. The van der Waals surface area contributed by atoms with Crippen molar-refractivity contribution in [2.45, 2.75) is 52.6 Å². The fourth-order valence-electron chi connectivity index (χ4n) is 3.44. The molecule has 0 saturated carbocycles. The van der Waals surface area contributed by atoms with Crippen molar-refractivity contribution < 1.29 is 35.6 Å². The van der Waals surface area contributed by atoms with E-state index >= 15 is 0 Å². The summed E-state index contributed by atoms with van der Waals surface area (Å²) < 4.78 is 68.8. The number of rotatable bonds is 7. The number of aliphatic imine (C=N–C) groups is 1. The highest BCUT2D eigenvalue weighted by Gasteiger charge is 2.37. The lowest BCUT2D eigenvalue weighted by Gasteiger charge is -2.34. The van der Waals surface area contributed by atoms with Crippen molar-refractivity contribution in [3.63, 3.8) is 0 Å². The first-order chi connectivity index (χ1) is 15.2. The molecule has 0 bridgehead atoms. The molecule has 0 aliphatic rings. The van der Waals surface area contributed by atoms with Gasteiger partial charge in [0.1, 0.15) is 0 Å². The molecule has 33 heavy (non-hydrogen) atoms. The molecular formula is C21H31F3N4O4S. The molecule has 0 unspecified atom stereocenters. The van der Waals surface area contributed by atoms with Crippen LogP contribution in [-0.4, -0.2) is 61.4 Å². The van der Waals surface area contributed by atoms with Crippen LogP contribution in [0.1, 0.15) is 50.3 Å². The smallest absolute Gasteiger partial charge is 0.417 e. The summed E-state index contributed by atoms with van der Waals surface area (Å²) in [6.07, 6.45) is -4.25. The molecule has 186 valence electrons. The number of aryl methyl sites for hydroxylation is 1. The Morgan fingerprint density at radius 1 is 1.06 bits per heavy atom. The topological polar surface area (TPSA) is 108 Å². The largest absolute Gasteiger partial charge is 0.858 e. The van der Waals surface area contributed by atoms with Crippen LogP contribution in [-0.2, 0) is 16.0 Å². The van der Waals surface area contributed by atoms with Gasteiger partial charge in [0.2, 0.25) is 5.89 Å². The maximum absolute atomic E-state index is 13.0. The van der Waals surface area contributed by atoms with Crippen LogP contribution in [0.5, 0.6) is 0 Å². The summed E-state index contributed by atoms with van der Waals surface area (Å²) in [5.74, 6) is -0.850. The molecule has 1 heterocycles. The molecule has 0 N–H and O–H groups in total. The van der Waals surface area contributed by atoms with Crippen LogP contribution >= 0.6 is 0 Å². The first-order valence-electron chi connectivity index (χ1n) is 10.5. The zero-order chi connectivity index (χ0) is 25.6. The molecule has 0 atom stereocenters. The van der Waals surface area contributed by atoms with Gasteiger partial charge in [0.05, 0.1) is 36.6 Å². The summed E-state index contributed by atoms with van der Waals surface area (Å²) in [5.41, 5.74) is -2.00. The van der Waals surface area contributed by atoms with Gasteiger partial charge >= 0.3 is 12.2 Å². The zero-order valence-corrected chi connectivity index (χ0v) is 20.8. The fourth-order valence-corrected chi connectivity index (χ4v) is 4.69. The van der Waals surface area contributed by atoms with Crippen molar-refractivity contribution in [1.82, 2.24) is 10.2 Å². The van der Waals surface area contributed by atoms with Crippen LogP contribution in [0.3, 0.4) is 0 Å². The average molecular weight is 493 g/mol. The Kier molecular flexibility index (Phi) is 9.61. The van der Waals surface area contributed by atoms with Crippen LogP contribution in [0.4, 0.5) is 19.2 Å². The lowest BCUT2D eigenvalue weighted by atomic mass is 10.0. The molecule has 2 rings (SSSR count). The first-order valence-corrected chi connectivity index (χ1v) is 12.4. The molecule has 0 spiro atoms. The van der Waals surface area contributed by atoms with Crippen molar-refractivity contribution in [2.75, 3.05) is 32.4 Å². The van der Waals surface area contributed by atoms with Crippen LogP contribution in [0.15, 0.2) is 26.4 Å². The van der Waals surface area contributed by atoms with Crippen molar-refractivity contribution in [3.8, 4) is 0 Å². The summed E-state index contributed by atoms with van der Waals surface area (Å²) in [6.45, 7) is 16.8. The predicted molar refractivity (Wildman–Crippen MR) is 117 cm³/mol. The molecular weight excluding hydrogens is 461 g/mol. The number of benzene rings is 1. The molecule has 0 amide bonds. The van der Waals surface area contributed by atoms with E-state index in [0.717, 1.165) is 13.0 Å². The lowest BCUT2D eigenvalue weighted by Crippen LogP contribution is -2.47.